The van der Waals surface area contributed by atoms with E-state index in [2.05, 4.69) is 13.8 Å². The predicted molar refractivity (Wildman–Crippen MR) is 71.6 cm³/mol. The molecule has 0 atom stereocenters. The molecule has 2 nitrogen and oxygen atoms in total. The Kier molecular flexibility index (Phi) is 4.01. The van der Waals surface area contributed by atoms with Crippen LogP contribution in [-0.2, 0) is 4.79 Å². The molecule has 0 spiro atoms. The molecule has 0 radical (unpaired) electrons. The summed E-state index contributed by atoms with van der Waals surface area (Å²) in [6.07, 6.45) is 10.2. The largest absolute Gasteiger partial charge is 0.299 e. The van der Waals surface area contributed by atoms with Gasteiger partial charge in [-0.2, -0.15) is 0 Å². The minimum absolute atomic E-state index is 0.138. The van der Waals surface area contributed by atoms with Crippen molar-refractivity contribution in [2.24, 2.45) is 10.4 Å². The van der Waals surface area contributed by atoms with E-state index in [9.17, 15) is 4.79 Å². The summed E-state index contributed by atoms with van der Waals surface area (Å²) in [6, 6.07) is 0.509. The molecule has 0 aromatic carbocycles. The van der Waals surface area contributed by atoms with E-state index in [4.69, 9.17) is 4.99 Å². The molecule has 17 heavy (non-hydrogen) atoms. The van der Waals surface area contributed by atoms with Crippen LogP contribution in [0.25, 0.3) is 0 Å². The van der Waals surface area contributed by atoms with Gasteiger partial charge in [-0.3, -0.25) is 9.79 Å². The van der Waals surface area contributed by atoms with E-state index in [1.165, 1.54) is 44.2 Å². The summed E-state index contributed by atoms with van der Waals surface area (Å²) >= 11 is 0. The van der Waals surface area contributed by atoms with Gasteiger partial charge in [-0.15, -0.1) is 0 Å². The number of carbonyl (C=O) groups excluding carboxylic acids is 1. The number of hydrogen-bond donors (Lipinski definition) is 0. The highest BCUT2D eigenvalue weighted by Crippen LogP contribution is 2.32. The Morgan fingerprint density at radius 3 is 2.29 bits per heavy atom. The second-order valence-corrected chi connectivity index (χ2v) is 6.57. The van der Waals surface area contributed by atoms with Crippen LogP contribution in [0.4, 0.5) is 0 Å². The number of Topliss-reactive ketones (excluding diaryl/α,β-unsaturated/α-hetero) is 1. The number of ketones is 1. The van der Waals surface area contributed by atoms with Crippen LogP contribution in [0, 0.1) is 5.41 Å². The van der Waals surface area contributed by atoms with Crippen molar-refractivity contribution in [1.29, 1.82) is 0 Å². The summed E-state index contributed by atoms with van der Waals surface area (Å²) in [5, 5.41) is 0. The maximum atomic E-state index is 11.7. The van der Waals surface area contributed by atoms with Crippen molar-refractivity contribution in [2.45, 2.75) is 77.7 Å². The van der Waals surface area contributed by atoms with Gasteiger partial charge in [-0.25, -0.2) is 0 Å². The van der Waals surface area contributed by atoms with Gasteiger partial charge in [-0.05, 0) is 24.7 Å². The summed E-state index contributed by atoms with van der Waals surface area (Å²) in [7, 11) is 0. The third-order valence-corrected chi connectivity index (χ3v) is 3.95. The Labute approximate surface area is 105 Å². The number of aliphatic imine (C=N–C) groups is 1. The van der Waals surface area contributed by atoms with Crippen LogP contribution in [0.5, 0.6) is 0 Å². The molecule has 96 valence electrons. The first-order chi connectivity index (χ1) is 8.05. The van der Waals surface area contributed by atoms with Crippen LogP contribution in [0.2, 0.25) is 0 Å². The quantitative estimate of drug-likeness (QED) is 0.633. The summed E-state index contributed by atoms with van der Waals surface area (Å²) in [6.45, 7) is 4.37. The lowest BCUT2D eigenvalue weighted by Crippen LogP contribution is -2.30. The van der Waals surface area contributed by atoms with Crippen LogP contribution in [0.15, 0.2) is 4.99 Å². The fraction of sp³-hybridized carbons (Fsp3) is 0.867. The van der Waals surface area contributed by atoms with E-state index in [1.54, 1.807) is 0 Å². The molecular formula is C15H25NO. The molecule has 0 bridgehead atoms. The minimum Gasteiger partial charge on any atom is -0.299 e. The van der Waals surface area contributed by atoms with E-state index >= 15 is 0 Å². The van der Waals surface area contributed by atoms with Gasteiger partial charge in [0.15, 0.2) is 0 Å². The van der Waals surface area contributed by atoms with Crippen LogP contribution in [0.3, 0.4) is 0 Å². The summed E-state index contributed by atoms with van der Waals surface area (Å²) in [5.41, 5.74) is 1.32. The topological polar surface area (TPSA) is 29.4 Å². The molecule has 0 saturated heterocycles. The van der Waals surface area contributed by atoms with Gasteiger partial charge in [0.1, 0.15) is 5.78 Å². The summed E-state index contributed by atoms with van der Waals surface area (Å²) in [5.74, 6) is 0.383. The molecule has 2 aliphatic rings. The average Bonchev–Trinajstić information content (AvgIpc) is 2.42. The van der Waals surface area contributed by atoms with Gasteiger partial charge in [-0.1, -0.05) is 39.5 Å². The zero-order valence-electron chi connectivity index (χ0n) is 11.3. The molecule has 2 fully saturated rings. The molecule has 0 amide bonds. The minimum atomic E-state index is 0.138. The fourth-order valence-electron chi connectivity index (χ4n) is 3.24. The Morgan fingerprint density at radius 2 is 1.71 bits per heavy atom. The van der Waals surface area contributed by atoms with Crippen molar-refractivity contribution in [3.63, 3.8) is 0 Å². The molecule has 0 aromatic heterocycles. The SMILES string of the molecule is CC1(C)CC(=O)CC(=NC2CCCCCC2)C1. The molecule has 2 rings (SSSR count). The van der Waals surface area contributed by atoms with Crippen LogP contribution >= 0.6 is 0 Å². The Balaban J connectivity index is 2.01. The standard InChI is InChI=1S/C15H25NO/c1-15(2)10-13(9-14(17)11-15)16-12-7-5-3-4-6-8-12/h12H,3-11H2,1-2H3. The second kappa shape index (κ2) is 5.32. The zero-order chi connectivity index (χ0) is 12.3. The first kappa shape index (κ1) is 12.8. The number of nitrogens with zero attached hydrogens (tertiary/aromatic N) is 1. The van der Waals surface area contributed by atoms with E-state index < -0.39 is 0 Å². The monoisotopic (exact) mass is 235 g/mol. The molecule has 2 aliphatic carbocycles. The van der Waals surface area contributed by atoms with Gasteiger partial charge in [0.2, 0.25) is 0 Å². The third kappa shape index (κ3) is 3.93. The van der Waals surface area contributed by atoms with Gasteiger partial charge < -0.3 is 0 Å². The Morgan fingerprint density at radius 1 is 1.06 bits per heavy atom. The van der Waals surface area contributed by atoms with E-state index in [1.807, 2.05) is 0 Å². The van der Waals surface area contributed by atoms with Gasteiger partial charge in [0, 0.05) is 24.6 Å². The molecule has 0 aromatic rings. The van der Waals surface area contributed by atoms with Crippen molar-refractivity contribution >= 4 is 11.5 Å². The van der Waals surface area contributed by atoms with Gasteiger partial charge in [0.05, 0.1) is 0 Å². The van der Waals surface area contributed by atoms with Crippen LogP contribution < -0.4 is 0 Å². The average molecular weight is 235 g/mol. The van der Waals surface area contributed by atoms with Crippen LogP contribution in [-0.4, -0.2) is 17.5 Å². The first-order valence-electron chi connectivity index (χ1n) is 7.12. The van der Waals surface area contributed by atoms with Gasteiger partial charge in [0.25, 0.3) is 0 Å². The highest BCUT2D eigenvalue weighted by atomic mass is 16.1. The summed E-state index contributed by atoms with van der Waals surface area (Å²) < 4.78 is 0. The predicted octanol–water partition coefficient (Wildman–Crippen LogP) is 3.93. The lowest BCUT2D eigenvalue weighted by molar-refractivity contribution is -0.120. The lowest BCUT2D eigenvalue weighted by atomic mass is 9.76. The lowest BCUT2D eigenvalue weighted by Gasteiger charge is -2.30. The maximum Gasteiger partial charge on any atom is 0.139 e. The van der Waals surface area contributed by atoms with Crippen molar-refractivity contribution in [2.75, 3.05) is 0 Å². The Bertz CT molecular complexity index is 309. The van der Waals surface area contributed by atoms with Crippen molar-refractivity contribution in [1.82, 2.24) is 0 Å². The highest BCUT2D eigenvalue weighted by molar-refractivity contribution is 6.04. The van der Waals surface area contributed by atoms with E-state index in [0.717, 1.165) is 12.8 Å². The van der Waals surface area contributed by atoms with E-state index in [0.29, 0.717) is 18.2 Å². The van der Waals surface area contributed by atoms with Crippen molar-refractivity contribution in [3.8, 4) is 0 Å². The number of rotatable bonds is 1. The molecule has 0 aliphatic heterocycles. The second-order valence-electron chi connectivity index (χ2n) is 6.57. The fourth-order valence-corrected chi connectivity index (χ4v) is 3.24. The highest BCUT2D eigenvalue weighted by Gasteiger charge is 2.30. The molecule has 2 saturated carbocycles. The molecule has 0 N–H and O–H groups in total. The Hall–Kier alpha value is -0.660. The zero-order valence-corrected chi connectivity index (χ0v) is 11.3. The van der Waals surface area contributed by atoms with Crippen molar-refractivity contribution in [3.05, 3.63) is 0 Å². The van der Waals surface area contributed by atoms with Gasteiger partial charge >= 0.3 is 0 Å². The first-order valence-corrected chi connectivity index (χ1v) is 7.12. The summed E-state index contributed by atoms with van der Waals surface area (Å²) in [4.78, 5) is 16.6. The third-order valence-electron chi connectivity index (χ3n) is 3.95. The molecule has 0 heterocycles. The van der Waals surface area contributed by atoms with Crippen LogP contribution in [0.1, 0.15) is 71.6 Å². The molecular weight excluding hydrogens is 210 g/mol. The molecule has 2 heteroatoms. The van der Waals surface area contributed by atoms with E-state index in [-0.39, 0.29) is 5.41 Å². The smallest absolute Gasteiger partial charge is 0.139 e. The normalized spacial score (nSPS) is 29.3. The maximum absolute atomic E-state index is 11.7. The number of hydrogen-bond acceptors (Lipinski definition) is 2. The number of carbonyl (C=O) groups is 1. The molecule has 0 unspecified atom stereocenters. The van der Waals surface area contributed by atoms with Crippen molar-refractivity contribution < 1.29 is 4.79 Å².